The Morgan fingerprint density at radius 1 is 0.889 bits per heavy atom. The van der Waals surface area contributed by atoms with Gasteiger partial charge in [0, 0.05) is 11.9 Å². The zero-order chi connectivity index (χ0) is 13.8. The fraction of sp³-hybridized carbons (Fsp3) is 0.857. The molecule has 0 aromatic heterocycles. The first-order valence-electron chi connectivity index (χ1n) is 6.98. The Morgan fingerprint density at radius 3 is 2.00 bits per heavy atom. The number of hydrogen-bond acceptors (Lipinski definition) is 4. The van der Waals surface area contributed by atoms with Gasteiger partial charge >= 0.3 is 0 Å². The molecule has 0 N–H and O–H groups in total. The van der Waals surface area contributed by atoms with E-state index < -0.39 is 11.9 Å². The van der Waals surface area contributed by atoms with Crippen molar-refractivity contribution in [3.8, 4) is 0 Å². The molecule has 0 aromatic rings. The summed E-state index contributed by atoms with van der Waals surface area (Å²) >= 11 is 0. The monoisotopic (exact) mass is 256 g/mol. The summed E-state index contributed by atoms with van der Waals surface area (Å²) in [7, 11) is 0. The van der Waals surface area contributed by atoms with Gasteiger partial charge < -0.3 is 19.8 Å². The van der Waals surface area contributed by atoms with Crippen molar-refractivity contribution in [1.29, 1.82) is 0 Å². The van der Waals surface area contributed by atoms with Gasteiger partial charge in [-0.15, -0.1) is 0 Å². The van der Waals surface area contributed by atoms with E-state index in [1.807, 2.05) is 6.92 Å². The van der Waals surface area contributed by atoms with Crippen LogP contribution in [0.15, 0.2) is 0 Å². The molecule has 0 saturated heterocycles. The van der Waals surface area contributed by atoms with Crippen molar-refractivity contribution in [3.05, 3.63) is 0 Å². The van der Waals surface area contributed by atoms with Crippen molar-refractivity contribution in [2.24, 2.45) is 5.92 Å². The number of unbranched alkanes of at least 4 members (excludes halogenated alkanes) is 5. The van der Waals surface area contributed by atoms with Gasteiger partial charge in [0.1, 0.15) is 0 Å². The summed E-state index contributed by atoms with van der Waals surface area (Å²) in [5.74, 6) is -2.24. The van der Waals surface area contributed by atoms with Crippen LogP contribution in [0.5, 0.6) is 0 Å². The van der Waals surface area contributed by atoms with Crippen molar-refractivity contribution >= 4 is 11.9 Å². The van der Waals surface area contributed by atoms with Crippen LogP contribution in [-0.4, -0.2) is 11.9 Å². The first-order chi connectivity index (χ1) is 8.57. The average Bonchev–Trinajstić information content (AvgIpc) is 2.30. The third-order valence-corrected chi connectivity index (χ3v) is 3.17. The van der Waals surface area contributed by atoms with Crippen molar-refractivity contribution < 1.29 is 19.8 Å². The van der Waals surface area contributed by atoms with Gasteiger partial charge in [-0.2, -0.15) is 0 Å². The Balaban J connectivity index is 3.49. The lowest BCUT2D eigenvalue weighted by atomic mass is 9.95. The zero-order valence-electron chi connectivity index (χ0n) is 11.3. The Kier molecular flexibility index (Phi) is 10.4. The van der Waals surface area contributed by atoms with Gasteiger partial charge in [0.2, 0.25) is 0 Å². The summed E-state index contributed by atoms with van der Waals surface area (Å²) < 4.78 is 0. The number of carbonyl (C=O) groups is 2. The van der Waals surface area contributed by atoms with Crippen molar-refractivity contribution in [2.75, 3.05) is 0 Å². The van der Waals surface area contributed by atoms with Gasteiger partial charge in [-0.3, -0.25) is 0 Å². The molecule has 4 nitrogen and oxygen atoms in total. The van der Waals surface area contributed by atoms with Gasteiger partial charge in [-0.05, 0) is 31.6 Å². The fourth-order valence-electron chi connectivity index (χ4n) is 2.02. The van der Waals surface area contributed by atoms with Crippen LogP contribution in [0.4, 0.5) is 0 Å². The summed E-state index contributed by atoms with van der Waals surface area (Å²) in [6.45, 7) is 2.05. The molecule has 0 aliphatic heterocycles. The molecule has 0 fully saturated rings. The summed E-state index contributed by atoms with van der Waals surface area (Å²) in [5, 5.41) is 21.0. The van der Waals surface area contributed by atoms with Gasteiger partial charge in [-0.1, -0.05) is 45.4 Å². The Morgan fingerprint density at radius 2 is 1.44 bits per heavy atom. The first kappa shape index (κ1) is 16.9. The van der Waals surface area contributed by atoms with Crippen LogP contribution < -0.4 is 10.2 Å². The molecule has 0 aliphatic rings. The first-order valence-corrected chi connectivity index (χ1v) is 6.98. The van der Waals surface area contributed by atoms with Crippen molar-refractivity contribution in [1.82, 2.24) is 0 Å². The summed E-state index contributed by atoms with van der Waals surface area (Å²) in [4.78, 5) is 21.0. The van der Waals surface area contributed by atoms with Gasteiger partial charge in [0.25, 0.3) is 0 Å². The number of hydrogen-bond donors (Lipinski definition) is 0. The molecule has 1 atom stereocenters. The highest BCUT2D eigenvalue weighted by molar-refractivity contribution is 5.67. The van der Waals surface area contributed by atoms with E-state index in [0.717, 1.165) is 38.5 Å². The van der Waals surface area contributed by atoms with E-state index in [2.05, 4.69) is 0 Å². The molecule has 0 spiro atoms. The number of carbonyl (C=O) groups excluding carboxylic acids is 2. The molecule has 4 heteroatoms. The van der Waals surface area contributed by atoms with Crippen LogP contribution >= 0.6 is 0 Å². The van der Waals surface area contributed by atoms with Crippen LogP contribution in [0, 0.1) is 5.92 Å². The predicted molar refractivity (Wildman–Crippen MR) is 65.3 cm³/mol. The quantitative estimate of drug-likeness (QED) is 0.488. The molecule has 1 unspecified atom stereocenters. The number of carboxylic acids is 2. The van der Waals surface area contributed by atoms with Crippen LogP contribution in [0.1, 0.15) is 71.1 Å². The minimum Gasteiger partial charge on any atom is -0.550 e. The summed E-state index contributed by atoms with van der Waals surface area (Å²) in [6.07, 6.45) is 7.79. The summed E-state index contributed by atoms with van der Waals surface area (Å²) in [5.41, 5.74) is 0. The molecule has 0 bridgehead atoms. The topological polar surface area (TPSA) is 80.3 Å². The molecule has 18 heavy (non-hydrogen) atoms. The molecule has 0 aliphatic carbocycles. The van der Waals surface area contributed by atoms with Crippen LogP contribution in [0.3, 0.4) is 0 Å². The van der Waals surface area contributed by atoms with E-state index in [4.69, 9.17) is 0 Å². The van der Waals surface area contributed by atoms with Crippen LogP contribution in [0.2, 0.25) is 0 Å². The maximum atomic E-state index is 10.9. The number of aliphatic carboxylic acids is 2. The van der Waals surface area contributed by atoms with Crippen LogP contribution in [-0.2, 0) is 9.59 Å². The second-order valence-corrected chi connectivity index (χ2v) is 4.84. The van der Waals surface area contributed by atoms with Crippen LogP contribution in [0.25, 0.3) is 0 Å². The van der Waals surface area contributed by atoms with Gasteiger partial charge in [-0.25, -0.2) is 0 Å². The Hall–Kier alpha value is -1.06. The zero-order valence-corrected chi connectivity index (χ0v) is 11.3. The Labute approximate surface area is 109 Å². The predicted octanol–water partition coefficient (Wildman–Crippen LogP) is 1.02. The highest BCUT2D eigenvalue weighted by Crippen LogP contribution is 2.17. The molecular weight excluding hydrogens is 232 g/mol. The Bertz CT molecular complexity index is 238. The second-order valence-electron chi connectivity index (χ2n) is 4.84. The second kappa shape index (κ2) is 11.1. The molecule has 0 radical (unpaired) electrons. The molecule has 0 aromatic carbocycles. The highest BCUT2D eigenvalue weighted by atomic mass is 16.4. The van der Waals surface area contributed by atoms with E-state index in [1.165, 1.54) is 0 Å². The lowest BCUT2D eigenvalue weighted by molar-refractivity contribution is -0.312. The largest absolute Gasteiger partial charge is 0.550 e. The minimum atomic E-state index is -0.994. The highest BCUT2D eigenvalue weighted by Gasteiger charge is 2.08. The molecule has 0 amide bonds. The van der Waals surface area contributed by atoms with Crippen molar-refractivity contribution in [3.63, 3.8) is 0 Å². The smallest absolute Gasteiger partial charge is 0.0445 e. The van der Waals surface area contributed by atoms with Gasteiger partial charge in [0.15, 0.2) is 0 Å². The van der Waals surface area contributed by atoms with E-state index in [-0.39, 0.29) is 12.3 Å². The SMILES string of the molecule is CCCCC(CCCCCCCC(=O)[O-])C(=O)[O-]. The molecule has 0 rings (SSSR count). The average molecular weight is 256 g/mol. The maximum absolute atomic E-state index is 10.9. The molecule has 0 saturated carbocycles. The van der Waals surface area contributed by atoms with E-state index in [1.54, 1.807) is 0 Å². The fourth-order valence-corrected chi connectivity index (χ4v) is 2.02. The standard InChI is InChI=1S/C14H26O4/c1-2-3-9-12(14(17)18)10-7-5-4-6-8-11-13(15)16/h12H,2-11H2,1H3,(H,15,16)(H,17,18)/p-2. The lowest BCUT2D eigenvalue weighted by Crippen LogP contribution is -2.31. The van der Waals surface area contributed by atoms with Gasteiger partial charge in [0.05, 0.1) is 0 Å². The third-order valence-electron chi connectivity index (χ3n) is 3.17. The molecular formula is C14H24O4-2. The lowest BCUT2D eigenvalue weighted by Gasteiger charge is -2.17. The van der Waals surface area contributed by atoms with E-state index in [0.29, 0.717) is 19.3 Å². The van der Waals surface area contributed by atoms with Crippen molar-refractivity contribution in [2.45, 2.75) is 71.1 Å². The number of rotatable bonds is 12. The maximum Gasteiger partial charge on any atom is 0.0445 e. The van der Waals surface area contributed by atoms with E-state index in [9.17, 15) is 19.8 Å². The minimum absolute atomic E-state index is 0.123. The molecule has 0 heterocycles. The number of carboxylic acid groups (broad SMARTS) is 2. The third kappa shape index (κ3) is 10.1. The van der Waals surface area contributed by atoms with E-state index >= 15 is 0 Å². The normalized spacial score (nSPS) is 12.3. The molecule has 106 valence electrons. The summed E-state index contributed by atoms with van der Waals surface area (Å²) in [6, 6.07) is 0.